The molecule has 3 aromatic heterocycles. The van der Waals surface area contributed by atoms with Crippen molar-refractivity contribution in [1.29, 1.82) is 0 Å². The van der Waals surface area contributed by atoms with E-state index in [1.807, 2.05) is 24.4 Å². The van der Waals surface area contributed by atoms with E-state index < -0.39 is 0 Å². The van der Waals surface area contributed by atoms with Crippen LogP contribution in [0.5, 0.6) is 0 Å². The third-order valence-corrected chi connectivity index (χ3v) is 3.68. The molecule has 3 aromatic rings. The highest BCUT2D eigenvalue weighted by atomic mass is 32.1. The number of nitrogens with zero attached hydrogens (tertiary/aromatic N) is 2. The fourth-order valence-electron chi connectivity index (χ4n) is 1.94. The van der Waals surface area contributed by atoms with E-state index in [0.29, 0.717) is 0 Å². The van der Waals surface area contributed by atoms with Crippen LogP contribution in [0.3, 0.4) is 0 Å². The second-order valence-electron chi connectivity index (χ2n) is 4.31. The summed E-state index contributed by atoms with van der Waals surface area (Å²) < 4.78 is 1.56. The number of hydrogen-bond acceptors (Lipinski definition) is 3. The molecular weight excluding hydrogens is 256 g/mol. The van der Waals surface area contributed by atoms with Crippen LogP contribution in [0.4, 0.5) is 0 Å². The fraction of sp³-hybridized carbons (Fsp3) is 0.0667. The summed E-state index contributed by atoms with van der Waals surface area (Å²) in [5.74, 6) is 0. The molecule has 0 bridgehead atoms. The zero-order chi connectivity index (χ0) is 13.2. The van der Waals surface area contributed by atoms with Crippen LogP contribution in [0.1, 0.15) is 0 Å². The number of thiophene rings is 1. The zero-order valence-corrected chi connectivity index (χ0v) is 11.2. The maximum atomic E-state index is 11.4. The van der Waals surface area contributed by atoms with Gasteiger partial charge in [0, 0.05) is 31.1 Å². The Labute approximate surface area is 114 Å². The molecule has 0 fully saturated rings. The molecule has 0 atom stereocenters. The first-order valence-corrected chi connectivity index (χ1v) is 6.84. The lowest BCUT2D eigenvalue weighted by Gasteiger charge is -2.05. The molecule has 4 heteroatoms. The van der Waals surface area contributed by atoms with Gasteiger partial charge in [0.1, 0.15) is 0 Å². The van der Waals surface area contributed by atoms with Crippen LogP contribution in [0, 0.1) is 0 Å². The number of aryl methyl sites for hydroxylation is 1. The Bertz CT molecular complexity index is 760. The fourth-order valence-corrected chi connectivity index (χ4v) is 2.61. The topological polar surface area (TPSA) is 34.9 Å². The first-order valence-electron chi connectivity index (χ1n) is 5.90. The Morgan fingerprint density at radius 3 is 2.74 bits per heavy atom. The molecule has 0 aliphatic carbocycles. The van der Waals surface area contributed by atoms with Gasteiger partial charge in [-0.2, -0.15) is 11.3 Å². The van der Waals surface area contributed by atoms with Crippen LogP contribution >= 0.6 is 11.3 Å². The van der Waals surface area contributed by atoms with E-state index in [0.717, 1.165) is 16.8 Å². The summed E-state index contributed by atoms with van der Waals surface area (Å²) in [6, 6.07) is 9.50. The average Bonchev–Trinajstić information content (AvgIpc) is 2.96. The van der Waals surface area contributed by atoms with E-state index >= 15 is 0 Å². The predicted octanol–water partition coefficient (Wildman–Crippen LogP) is 3.18. The molecule has 3 nitrogen and oxygen atoms in total. The lowest BCUT2D eigenvalue weighted by molar-refractivity contribution is 0.861. The molecular formula is C15H12N2OS. The Hall–Kier alpha value is -2.20. The molecule has 0 N–H and O–H groups in total. The smallest absolute Gasteiger partial charge is 0.250 e. The van der Waals surface area contributed by atoms with E-state index in [1.165, 1.54) is 5.56 Å². The predicted molar refractivity (Wildman–Crippen MR) is 78.2 cm³/mol. The summed E-state index contributed by atoms with van der Waals surface area (Å²) in [7, 11) is 1.74. The van der Waals surface area contributed by atoms with Crippen LogP contribution in [0.2, 0.25) is 0 Å². The largest absolute Gasteiger partial charge is 0.318 e. The van der Waals surface area contributed by atoms with E-state index in [-0.39, 0.29) is 5.56 Å². The Balaban J connectivity index is 2.08. The standard InChI is InChI=1S/C15H12N2OS/c1-17-9-12(2-3-15(17)18)14-8-11(4-6-16-14)13-5-7-19-10-13/h2-10H,1H3. The Morgan fingerprint density at radius 2 is 2.00 bits per heavy atom. The zero-order valence-electron chi connectivity index (χ0n) is 10.4. The van der Waals surface area contributed by atoms with Crippen molar-refractivity contribution in [2.24, 2.45) is 7.05 Å². The molecule has 0 amide bonds. The Morgan fingerprint density at radius 1 is 1.11 bits per heavy atom. The third kappa shape index (κ3) is 2.35. The van der Waals surface area contributed by atoms with E-state index in [9.17, 15) is 4.79 Å². The number of rotatable bonds is 2. The second-order valence-corrected chi connectivity index (χ2v) is 5.09. The van der Waals surface area contributed by atoms with E-state index in [2.05, 4.69) is 21.8 Å². The van der Waals surface area contributed by atoms with Crippen LogP contribution in [0.15, 0.2) is 58.3 Å². The highest BCUT2D eigenvalue weighted by molar-refractivity contribution is 7.08. The summed E-state index contributed by atoms with van der Waals surface area (Å²) in [5, 5.41) is 4.17. The highest BCUT2D eigenvalue weighted by Gasteiger charge is 2.04. The summed E-state index contributed by atoms with van der Waals surface area (Å²) in [4.78, 5) is 15.8. The normalized spacial score (nSPS) is 10.6. The molecule has 3 rings (SSSR count). The van der Waals surface area contributed by atoms with Gasteiger partial charge in [0.05, 0.1) is 5.69 Å². The van der Waals surface area contributed by atoms with Gasteiger partial charge in [-0.05, 0) is 46.2 Å². The van der Waals surface area contributed by atoms with Crippen molar-refractivity contribution in [3.8, 4) is 22.4 Å². The van der Waals surface area contributed by atoms with Crippen molar-refractivity contribution < 1.29 is 0 Å². The van der Waals surface area contributed by atoms with Gasteiger partial charge in [0.25, 0.3) is 0 Å². The Kier molecular flexibility index (Phi) is 3.01. The van der Waals surface area contributed by atoms with Crippen LogP contribution in [-0.4, -0.2) is 9.55 Å². The molecule has 94 valence electrons. The number of pyridine rings is 2. The maximum absolute atomic E-state index is 11.4. The van der Waals surface area contributed by atoms with Gasteiger partial charge < -0.3 is 4.57 Å². The summed E-state index contributed by atoms with van der Waals surface area (Å²) in [6.45, 7) is 0. The maximum Gasteiger partial charge on any atom is 0.250 e. The van der Waals surface area contributed by atoms with Crippen molar-refractivity contribution >= 4 is 11.3 Å². The van der Waals surface area contributed by atoms with Crippen LogP contribution in [0.25, 0.3) is 22.4 Å². The molecule has 3 heterocycles. The molecule has 0 aliphatic rings. The lowest BCUT2D eigenvalue weighted by atomic mass is 10.1. The third-order valence-electron chi connectivity index (χ3n) is 3.00. The molecule has 0 saturated carbocycles. The van der Waals surface area contributed by atoms with Gasteiger partial charge in [-0.25, -0.2) is 0 Å². The van der Waals surface area contributed by atoms with Gasteiger partial charge in [-0.3, -0.25) is 9.78 Å². The second kappa shape index (κ2) is 4.82. The highest BCUT2D eigenvalue weighted by Crippen LogP contribution is 2.25. The summed E-state index contributed by atoms with van der Waals surface area (Å²) >= 11 is 1.67. The number of aromatic nitrogens is 2. The minimum absolute atomic E-state index is 0.0160. The molecule has 0 saturated heterocycles. The van der Waals surface area contributed by atoms with Crippen molar-refractivity contribution in [2.75, 3.05) is 0 Å². The average molecular weight is 268 g/mol. The van der Waals surface area contributed by atoms with Gasteiger partial charge in [-0.15, -0.1) is 0 Å². The van der Waals surface area contributed by atoms with Crippen molar-refractivity contribution in [2.45, 2.75) is 0 Å². The number of hydrogen-bond donors (Lipinski definition) is 0. The van der Waals surface area contributed by atoms with Gasteiger partial charge in [-0.1, -0.05) is 0 Å². The first kappa shape index (κ1) is 11.9. The molecule has 0 spiro atoms. The molecule has 0 aromatic carbocycles. The van der Waals surface area contributed by atoms with Crippen molar-refractivity contribution in [1.82, 2.24) is 9.55 Å². The van der Waals surface area contributed by atoms with Crippen LogP contribution < -0.4 is 5.56 Å². The SMILES string of the molecule is Cn1cc(-c2cc(-c3ccsc3)ccn2)ccc1=O. The van der Waals surface area contributed by atoms with Crippen LogP contribution in [-0.2, 0) is 7.05 Å². The molecule has 0 unspecified atom stereocenters. The molecule has 0 aliphatic heterocycles. The summed E-state index contributed by atoms with van der Waals surface area (Å²) in [5.41, 5.74) is 4.13. The molecule has 0 radical (unpaired) electrons. The monoisotopic (exact) mass is 268 g/mol. The first-order chi connectivity index (χ1) is 9.24. The van der Waals surface area contributed by atoms with E-state index in [4.69, 9.17) is 0 Å². The lowest BCUT2D eigenvalue weighted by Crippen LogP contribution is -2.14. The molecule has 19 heavy (non-hydrogen) atoms. The van der Waals surface area contributed by atoms with Crippen molar-refractivity contribution in [3.63, 3.8) is 0 Å². The summed E-state index contributed by atoms with van der Waals surface area (Å²) in [6.07, 6.45) is 3.61. The minimum Gasteiger partial charge on any atom is -0.318 e. The van der Waals surface area contributed by atoms with Gasteiger partial charge in [0.2, 0.25) is 5.56 Å². The van der Waals surface area contributed by atoms with Crippen molar-refractivity contribution in [3.05, 3.63) is 63.8 Å². The van der Waals surface area contributed by atoms with Gasteiger partial charge >= 0.3 is 0 Å². The quantitative estimate of drug-likeness (QED) is 0.715. The van der Waals surface area contributed by atoms with Gasteiger partial charge in [0.15, 0.2) is 0 Å². The van der Waals surface area contributed by atoms with E-state index in [1.54, 1.807) is 35.2 Å². The minimum atomic E-state index is -0.0160.